The van der Waals surface area contributed by atoms with Gasteiger partial charge in [0, 0.05) is 16.0 Å². The minimum atomic E-state index is -1.26. The van der Waals surface area contributed by atoms with Crippen LogP contribution in [0.25, 0.3) is 10.1 Å². The van der Waals surface area contributed by atoms with E-state index in [9.17, 15) is 9.90 Å². The number of hydrogen-bond acceptors (Lipinski definition) is 6. The molecule has 1 aliphatic rings. The highest BCUT2D eigenvalue weighted by Crippen LogP contribution is 2.31. The molecular formula is C27H42O5S. The molecule has 5 nitrogen and oxygen atoms in total. The number of benzene rings is 1. The Bertz CT molecular complexity index is 751. The zero-order valence-electron chi connectivity index (χ0n) is 20.1. The van der Waals surface area contributed by atoms with Crippen molar-refractivity contribution in [2.75, 3.05) is 13.2 Å². The minimum Gasteiger partial charge on any atom is -0.463 e. The molecule has 33 heavy (non-hydrogen) atoms. The second kappa shape index (κ2) is 16.2. The zero-order chi connectivity index (χ0) is 23.9. The molecule has 0 saturated heterocycles. The SMILES string of the molecule is CCCCCCC(=O)OCC(O)C(O)CO.c1ccc2sc(CCCC3CCCC3)cc2c1. The fourth-order valence-corrected chi connectivity index (χ4v) is 5.31. The summed E-state index contributed by atoms with van der Waals surface area (Å²) in [6, 6.07) is 11.1. The van der Waals surface area contributed by atoms with Crippen LogP contribution in [0.1, 0.15) is 82.4 Å². The number of ether oxygens (including phenoxy) is 1. The van der Waals surface area contributed by atoms with Gasteiger partial charge in [-0.05, 0) is 42.7 Å². The van der Waals surface area contributed by atoms with Gasteiger partial charge in [0.1, 0.15) is 18.8 Å². The largest absolute Gasteiger partial charge is 0.463 e. The Balaban J connectivity index is 0.000000235. The first-order chi connectivity index (χ1) is 16.0. The monoisotopic (exact) mass is 478 g/mol. The predicted molar refractivity (Wildman–Crippen MR) is 136 cm³/mol. The maximum absolute atomic E-state index is 11.1. The van der Waals surface area contributed by atoms with Gasteiger partial charge in [-0.1, -0.05) is 76.5 Å². The number of thiophene rings is 1. The highest BCUT2D eigenvalue weighted by molar-refractivity contribution is 7.19. The van der Waals surface area contributed by atoms with Gasteiger partial charge in [0.05, 0.1) is 6.61 Å². The molecule has 2 aromatic rings. The van der Waals surface area contributed by atoms with Crippen LogP contribution in [0.15, 0.2) is 30.3 Å². The van der Waals surface area contributed by atoms with E-state index in [1.165, 1.54) is 55.0 Å². The van der Waals surface area contributed by atoms with E-state index in [2.05, 4.69) is 37.3 Å². The number of unbranched alkanes of at least 4 members (excludes halogenated alkanes) is 3. The summed E-state index contributed by atoms with van der Waals surface area (Å²) in [6.07, 6.45) is 11.9. The van der Waals surface area contributed by atoms with Gasteiger partial charge in [-0.2, -0.15) is 0 Å². The molecule has 6 heteroatoms. The molecule has 2 atom stereocenters. The fraction of sp³-hybridized carbons (Fsp3) is 0.667. The van der Waals surface area contributed by atoms with Gasteiger partial charge in [-0.25, -0.2) is 0 Å². The zero-order valence-corrected chi connectivity index (χ0v) is 20.9. The standard InChI is InChI=1S/C16H20S.C11H22O5/c1-2-7-13(6-1)8-5-10-15-12-14-9-3-4-11-16(14)17-15;1-2-3-4-5-6-11(15)16-8-10(14)9(13)7-12/h3-4,9,11-13H,1-2,5-8,10H2;9-10,12-14H,2-8H2,1H3. The lowest BCUT2D eigenvalue weighted by Gasteiger charge is -2.15. The summed E-state index contributed by atoms with van der Waals surface area (Å²) in [5.74, 6) is 0.671. The summed E-state index contributed by atoms with van der Waals surface area (Å²) in [4.78, 5) is 12.7. The molecule has 1 aromatic heterocycles. The number of carbonyl (C=O) groups excluding carboxylic acids is 1. The highest BCUT2D eigenvalue weighted by Gasteiger charge is 2.17. The molecule has 1 heterocycles. The van der Waals surface area contributed by atoms with Gasteiger partial charge < -0.3 is 20.1 Å². The second-order valence-corrected chi connectivity index (χ2v) is 10.3. The third-order valence-electron chi connectivity index (χ3n) is 6.27. The number of aliphatic hydroxyl groups is 3. The van der Waals surface area contributed by atoms with Crippen molar-refractivity contribution in [3.05, 3.63) is 35.2 Å². The van der Waals surface area contributed by atoms with Crippen molar-refractivity contribution in [2.24, 2.45) is 5.92 Å². The van der Waals surface area contributed by atoms with E-state index in [0.717, 1.165) is 31.6 Å². The predicted octanol–water partition coefficient (Wildman–Crippen LogP) is 5.63. The van der Waals surface area contributed by atoms with Gasteiger partial charge in [-0.15, -0.1) is 11.3 Å². The minimum absolute atomic E-state index is 0.270. The van der Waals surface area contributed by atoms with Crippen molar-refractivity contribution in [1.82, 2.24) is 0 Å². The van der Waals surface area contributed by atoms with E-state index in [1.807, 2.05) is 11.3 Å². The summed E-state index contributed by atoms with van der Waals surface area (Å²) in [7, 11) is 0. The lowest BCUT2D eigenvalue weighted by molar-refractivity contribution is -0.149. The van der Waals surface area contributed by atoms with E-state index in [1.54, 1.807) is 4.88 Å². The van der Waals surface area contributed by atoms with Gasteiger partial charge in [0.25, 0.3) is 0 Å². The maximum atomic E-state index is 11.1. The number of aryl methyl sites for hydroxylation is 1. The normalized spacial score (nSPS) is 15.8. The van der Waals surface area contributed by atoms with Crippen molar-refractivity contribution in [3.8, 4) is 0 Å². The Morgan fingerprint density at radius 1 is 1.09 bits per heavy atom. The molecule has 0 spiro atoms. The molecule has 2 unspecified atom stereocenters. The van der Waals surface area contributed by atoms with Crippen molar-refractivity contribution < 1.29 is 24.9 Å². The molecule has 1 fully saturated rings. The van der Waals surface area contributed by atoms with Crippen molar-refractivity contribution in [2.45, 2.75) is 96.2 Å². The third kappa shape index (κ3) is 11.0. The number of carbonyl (C=O) groups is 1. The van der Waals surface area contributed by atoms with Gasteiger partial charge in [0.2, 0.25) is 0 Å². The molecule has 0 aliphatic heterocycles. The Morgan fingerprint density at radius 2 is 1.85 bits per heavy atom. The molecule has 0 radical (unpaired) electrons. The summed E-state index contributed by atoms with van der Waals surface area (Å²) < 4.78 is 6.19. The summed E-state index contributed by atoms with van der Waals surface area (Å²) >= 11 is 1.98. The van der Waals surface area contributed by atoms with Crippen LogP contribution in [0, 0.1) is 5.92 Å². The number of aliphatic hydroxyl groups excluding tert-OH is 3. The van der Waals surface area contributed by atoms with Gasteiger partial charge in [0.15, 0.2) is 0 Å². The van der Waals surface area contributed by atoms with Crippen molar-refractivity contribution >= 4 is 27.4 Å². The Labute approximate surface area is 202 Å². The van der Waals surface area contributed by atoms with E-state index in [4.69, 9.17) is 14.9 Å². The molecule has 0 bridgehead atoms. The first-order valence-corrected chi connectivity index (χ1v) is 13.4. The van der Waals surface area contributed by atoms with E-state index in [-0.39, 0.29) is 12.6 Å². The molecular weight excluding hydrogens is 436 g/mol. The second-order valence-electron chi connectivity index (χ2n) is 9.10. The number of hydrogen-bond donors (Lipinski definition) is 3. The highest BCUT2D eigenvalue weighted by atomic mass is 32.1. The Kier molecular flexibility index (Phi) is 13.6. The summed E-state index contributed by atoms with van der Waals surface area (Å²) in [5, 5.41) is 28.1. The van der Waals surface area contributed by atoms with E-state index in [0.29, 0.717) is 6.42 Å². The summed E-state index contributed by atoms with van der Waals surface area (Å²) in [6.45, 7) is 1.27. The Morgan fingerprint density at radius 3 is 2.55 bits per heavy atom. The first kappa shape index (κ1) is 27.8. The molecule has 1 aliphatic carbocycles. The smallest absolute Gasteiger partial charge is 0.305 e. The number of esters is 1. The van der Waals surface area contributed by atoms with Crippen LogP contribution in [0.4, 0.5) is 0 Å². The van der Waals surface area contributed by atoms with Crippen LogP contribution in [0.3, 0.4) is 0 Å². The third-order valence-corrected chi connectivity index (χ3v) is 7.44. The molecule has 186 valence electrons. The average Bonchev–Trinajstić information content (AvgIpc) is 3.49. The lowest BCUT2D eigenvalue weighted by atomic mass is 10.0. The molecule has 3 N–H and O–H groups in total. The maximum Gasteiger partial charge on any atom is 0.305 e. The van der Waals surface area contributed by atoms with Crippen LogP contribution >= 0.6 is 11.3 Å². The fourth-order valence-electron chi connectivity index (χ4n) is 4.20. The first-order valence-electron chi connectivity index (χ1n) is 12.6. The van der Waals surface area contributed by atoms with E-state index >= 15 is 0 Å². The van der Waals surface area contributed by atoms with Crippen LogP contribution in [0.2, 0.25) is 0 Å². The van der Waals surface area contributed by atoms with E-state index < -0.39 is 18.8 Å². The van der Waals surface area contributed by atoms with Crippen LogP contribution in [-0.2, 0) is 16.0 Å². The van der Waals surface area contributed by atoms with Crippen molar-refractivity contribution in [3.63, 3.8) is 0 Å². The average molecular weight is 479 g/mol. The molecule has 0 amide bonds. The molecule has 1 aromatic carbocycles. The quantitative estimate of drug-likeness (QED) is 0.257. The van der Waals surface area contributed by atoms with Crippen LogP contribution in [0.5, 0.6) is 0 Å². The number of fused-ring (bicyclic) bond motifs is 1. The Hall–Kier alpha value is -1.47. The topological polar surface area (TPSA) is 87.0 Å². The number of rotatable bonds is 13. The van der Waals surface area contributed by atoms with Crippen molar-refractivity contribution in [1.29, 1.82) is 0 Å². The van der Waals surface area contributed by atoms with Gasteiger partial charge in [-0.3, -0.25) is 4.79 Å². The summed E-state index contributed by atoms with van der Waals surface area (Å²) in [5.41, 5.74) is 0. The lowest BCUT2D eigenvalue weighted by Crippen LogP contribution is -2.34. The van der Waals surface area contributed by atoms with Crippen LogP contribution in [-0.4, -0.2) is 46.7 Å². The van der Waals surface area contributed by atoms with Crippen LogP contribution < -0.4 is 0 Å². The molecule has 3 rings (SSSR count). The van der Waals surface area contributed by atoms with Gasteiger partial charge >= 0.3 is 5.97 Å². The molecule has 1 saturated carbocycles.